The number of nitrogens with one attached hydrogen (secondary N) is 1. The van der Waals surface area contributed by atoms with Crippen molar-refractivity contribution in [1.29, 1.82) is 0 Å². The summed E-state index contributed by atoms with van der Waals surface area (Å²) >= 11 is 0. The molecule has 1 aromatic rings. The van der Waals surface area contributed by atoms with Crippen LogP contribution in [0, 0.1) is 28.6 Å². The standard InChI is InChI=1S/C29H38N2O5/c1-28-13-11-21(31-36-17-26(33)30-16-18-3-5-19(6-4-18)27(34)35)15-20(28)7-8-22-23-9-10-25(32)29(23,2)14-12-24(22)28/h3-6,15,22-25,32H,7-14,16-17H2,1-2H3,(H,30,33)(H,34,35)/t22-,23+,24-,25+,28+,29+/m1/s1. The zero-order valence-corrected chi connectivity index (χ0v) is 21.3. The molecule has 4 aliphatic rings. The Bertz CT molecular complexity index is 1080. The minimum atomic E-state index is -0.973. The molecule has 3 N–H and O–H groups in total. The molecule has 7 nitrogen and oxygen atoms in total. The molecule has 0 spiro atoms. The second kappa shape index (κ2) is 9.66. The predicted octanol–water partition coefficient (Wildman–Crippen LogP) is 4.70. The third kappa shape index (κ3) is 4.47. The summed E-state index contributed by atoms with van der Waals surface area (Å²) in [5, 5.41) is 26.7. The first-order valence-electron chi connectivity index (χ1n) is 13.4. The first-order chi connectivity index (χ1) is 17.2. The van der Waals surface area contributed by atoms with Gasteiger partial charge in [-0.25, -0.2) is 4.79 Å². The number of rotatable bonds is 6. The van der Waals surface area contributed by atoms with Crippen LogP contribution >= 0.6 is 0 Å². The average Bonchev–Trinajstić information content (AvgIpc) is 3.17. The topological polar surface area (TPSA) is 108 Å². The molecule has 194 valence electrons. The fourth-order valence-electron chi connectivity index (χ4n) is 7.81. The van der Waals surface area contributed by atoms with Crippen LogP contribution in [0.5, 0.6) is 0 Å². The van der Waals surface area contributed by atoms with E-state index >= 15 is 0 Å². The first-order valence-corrected chi connectivity index (χ1v) is 13.4. The van der Waals surface area contributed by atoms with Crippen molar-refractivity contribution >= 4 is 17.6 Å². The summed E-state index contributed by atoms with van der Waals surface area (Å²) in [6, 6.07) is 6.42. The van der Waals surface area contributed by atoms with Gasteiger partial charge in [-0.2, -0.15) is 0 Å². The maximum Gasteiger partial charge on any atom is 0.335 e. The number of amides is 1. The van der Waals surface area contributed by atoms with Crippen molar-refractivity contribution in [3.05, 3.63) is 47.0 Å². The number of allylic oxidation sites excluding steroid dienone is 2. The zero-order valence-electron chi connectivity index (χ0n) is 21.3. The molecule has 3 fully saturated rings. The van der Waals surface area contributed by atoms with E-state index in [2.05, 4.69) is 30.4 Å². The van der Waals surface area contributed by atoms with E-state index in [1.165, 1.54) is 37.0 Å². The van der Waals surface area contributed by atoms with Crippen LogP contribution < -0.4 is 5.32 Å². The molecule has 0 aliphatic heterocycles. The van der Waals surface area contributed by atoms with Crippen molar-refractivity contribution in [3.63, 3.8) is 0 Å². The van der Waals surface area contributed by atoms with Gasteiger partial charge in [0.2, 0.25) is 0 Å². The number of aliphatic hydroxyl groups excluding tert-OH is 1. The van der Waals surface area contributed by atoms with Crippen LogP contribution in [-0.4, -0.2) is 40.5 Å². The number of aromatic carboxylic acids is 1. The Labute approximate surface area is 213 Å². The highest BCUT2D eigenvalue weighted by molar-refractivity contribution is 5.96. The SMILES string of the molecule is C[C@]12CC[C@@H]3[C@H](CCC4=CC(=NOCC(=O)NCc5ccc(C(=O)O)cc5)CC[C@@]43C)[C@@H]1CC[C@@H]2O. The Kier molecular flexibility index (Phi) is 6.70. The number of benzene rings is 1. The molecule has 1 aromatic carbocycles. The largest absolute Gasteiger partial charge is 0.478 e. The highest BCUT2D eigenvalue weighted by Gasteiger charge is 2.58. The van der Waals surface area contributed by atoms with E-state index in [4.69, 9.17) is 9.94 Å². The fourth-order valence-corrected chi connectivity index (χ4v) is 7.81. The number of carboxylic acids is 1. The molecule has 7 heteroatoms. The fraction of sp³-hybridized carbons (Fsp3) is 0.621. The Hall–Kier alpha value is -2.67. The monoisotopic (exact) mass is 494 g/mol. The number of carboxylic acid groups (broad SMARTS) is 1. The summed E-state index contributed by atoms with van der Waals surface area (Å²) in [4.78, 5) is 28.5. The van der Waals surface area contributed by atoms with E-state index in [0.29, 0.717) is 24.3 Å². The van der Waals surface area contributed by atoms with E-state index in [0.717, 1.165) is 43.4 Å². The quantitative estimate of drug-likeness (QED) is 0.497. The van der Waals surface area contributed by atoms with Crippen molar-refractivity contribution in [2.45, 2.75) is 77.9 Å². The summed E-state index contributed by atoms with van der Waals surface area (Å²) in [5.74, 6) is 0.802. The number of carbonyl (C=O) groups is 2. The molecule has 36 heavy (non-hydrogen) atoms. The second-order valence-corrected chi connectivity index (χ2v) is 11.8. The lowest BCUT2D eigenvalue weighted by atomic mass is 9.47. The summed E-state index contributed by atoms with van der Waals surface area (Å²) in [6.07, 6.45) is 10.7. The lowest BCUT2D eigenvalue weighted by Gasteiger charge is -2.57. The van der Waals surface area contributed by atoms with E-state index < -0.39 is 5.97 Å². The number of fused-ring (bicyclic) bond motifs is 5. The normalized spacial score (nSPS) is 36.3. The molecule has 0 bridgehead atoms. The molecule has 0 saturated heterocycles. The second-order valence-electron chi connectivity index (χ2n) is 11.8. The molecule has 0 unspecified atom stereocenters. The van der Waals surface area contributed by atoms with Crippen molar-refractivity contribution < 1.29 is 24.6 Å². The van der Waals surface area contributed by atoms with Gasteiger partial charge in [-0.15, -0.1) is 0 Å². The third-order valence-electron chi connectivity index (χ3n) is 10.00. The van der Waals surface area contributed by atoms with Gasteiger partial charge in [0.05, 0.1) is 17.4 Å². The Morgan fingerprint density at radius 1 is 1.06 bits per heavy atom. The molecule has 0 aromatic heterocycles. The van der Waals surface area contributed by atoms with E-state index in [9.17, 15) is 14.7 Å². The van der Waals surface area contributed by atoms with Crippen LogP contribution in [0.2, 0.25) is 0 Å². The number of hydrogen-bond donors (Lipinski definition) is 3. The Balaban J connectivity index is 1.15. The van der Waals surface area contributed by atoms with Crippen molar-refractivity contribution in [2.75, 3.05) is 6.61 Å². The van der Waals surface area contributed by atoms with Crippen LogP contribution in [0.25, 0.3) is 0 Å². The van der Waals surface area contributed by atoms with E-state index in [-0.39, 0.29) is 35.0 Å². The van der Waals surface area contributed by atoms with Gasteiger partial charge in [0.15, 0.2) is 6.61 Å². The van der Waals surface area contributed by atoms with Crippen LogP contribution in [-0.2, 0) is 16.2 Å². The third-order valence-corrected chi connectivity index (χ3v) is 10.00. The summed E-state index contributed by atoms with van der Waals surface area (Å²) in [5.41, 5.74) is 3.74. The molecule has 0 heterocycles. The maximum atomic E-state index is 12.2. The van der Waals surface area contributed by atoms with Gasteiger partial charge in [-0.1, -0.05) is 36.7 Å². The van der Waals surface area contributed by atoms with Gasteiger partial charge in [0.1, 0.15) is 0 Å². The summed E-state index contributed by atoms with van der Waals surface area (Å²) < 4.78 is 0. The Morgan fingerprint density at radius 3 is 2.58 bits per heavy atom. The average molecular weight is 495 g/mol. The molecule has 5 rings (SSSR count). The summed E-state index contributed by atoms with van der Waals surface area (Å²) in [7, 11) is 0. The smallest absolute Gasteiger partial charge is 0.335 e. The van der Waals surface area contributed by atoms with Crippen molar-refractivity contribution in [3.8, 4) is 0 Å². The highest BCUT2D eigenvalue weighted by atomic mass is 16.6. The van der Waals surface area contributed by atoms with E-state index in [1.807, 2.05) is 0 Å². The van der Waals surface area contributed by atoms with Gasteiger partial charge in [0, 0.05) is 6.54 Å². The van der Waals surface area contributed by atoms with Crippen molar-refractivity contribution in [1.82, 2.24) is 5.32 Å². The predicted molar refractivity (Wildman–Crippen MR) is 136 cm³/mol. The highest BCUT2D eigenvalue weighted by Crippen LogP contribution is 2.65. The summed E-state index contributed by atoms with van der Waals surface area (Å²) in [6.45, 7) is 4.93. The molecular formula is C29H38N2O5. The van der Waals surface area contributed by atoms with Gasteiger partial charge in [-0.05, 0) is 104 Å². The van der Waals surface area contributed by atoms with Crippen LogP contribution in [0.15, 0.2) is 41.1 Å². The number of aliphatic hydroxyl groups is 1. The molecule has 1 amide bonds. The van der Waals surface area contributed by atoms with E-state index in [1.54, 1.807) is 12.1 Å². The van der Waals surface area contributed by atoms with Crippen LogP contribution in [0.3, 0.4) is 0 Å². The zero-order chi connectivity index (χ0) is 25.5. The molecule has 4 aliphatic carbocycles. The molecular weight excluding hydrogens is 456 g/mol. The van der Waals surface area contributed by atoms with Crippen LogP contribution in [0.4, 0.5) is 0 Å². The Morgan fingerprint density at radius 2 is 1.83 bits per heavy atom. The minimum Gasteiger partial charge on any atom is -0.478 e. The number of carbonyl (C=O) groups excluding carboxylic acids is 1. The molecule has 6 atom stereocenters. The van der Waals surface area contributed by atoms with Crippen molar-refractivity contribution in [2.24, 2.45) is 33.7 Å². The lowest BCUT2D eigenvalue weighted by Crippen LogP contribution is -2.51. The first kappa shape index (κ1) is 25.0. The number of hydrogen-bond acceptors (Lipinski definition) is 5. The molecule has 3 saturated carbocycles. The van der Waals surface area contributed by atoms with Crippen LogP contribution in [0.1, 0.15) is 81.1 Å². The number of oxime groups is 1. The number of nitrogens with zero attached hydrogens (tertiary/aromatic N) is 1. The maximum absolute atomic E-state index is 12.2. The lowest BCUT2D eigenvalue weighted by molar-refractivity contribution is -0.125. The van der Waals surface area contributed by atoms with Gasteiger partial charge < -0.3 is 20.4 Å². The van der Waals surface area contributed by atoms with Gasteiger partial charge in [-0.3, -0.25) is 4.79 Å². The van der Waals surface area contributed by atoms with Gasteiger partial charge in [0.25, 0.3) is 5.91 Å². The molecule has 0 radical (unpaired) electrons. The minimum absolute atomic E-state index is 0.108. The van der Waals surface area contributed by atoms with Gasteiger partial charge >= 0.3 is 5.97 Å².